The molecule has 3 heterocycles. The molecule has 3 fully saturated rings. The highest BCUT2D eigenvalue weighted by Gasteiger charge is 2.69. The normalized spacial score (nSPS) is 46.4. The second-order valence-electron chi connectivity index (χ2n) is 11.9. The van der Waals surface area contributed by atoms with Crippen molar-refractivity contribution in [1.29, 1.82) is 0 Å². The average molecular weight is 493 g/mol. The third kappa shape index (κ3) is 4.80. The number of hydrogen-bond acceptors (Lipinski definition) is 7. The zero-order chi connectivity index (χ0) is 25.5. The van der Waals surface area contributed by atoms with E-state index in [0.29, 0.717) is 25.7 Å². The third-order valence-corrected chi connectivity index (χ3v) is 9.33. The van der Waals surface area contributed by atoms with Crippen molar-refractivity contribution in [3.05, 3.63) is 11.6 Å². The van der Waals surface area contributed by atoms with E-state index in [-0.39, 0.29) is 35.8 Å². The Morgan fingerprint density at radius 3 is 2.66 bits per heavy atom. The maximum atomic E-state index is 13.3. The predicted molar refractivity (Wildman–Crippen MR) is 130 cm³/mol. The van der Waals surface area contributed by atoms with Gasteiger partial charge in [0.1, 0.15) is 12.2 Å². The van der Waals surface area contributed by atoms with Gasteiger partial charge in [-0.3, -0.25) is 9.59 Å². The van der Waals surface area contributed by atoms with Gasteiger partial charge in [-0.15, -0.1) is 0 Å². The third-order valence-electron chi connectivity index (χ3n) is 9.33. The van der Waals surface area contributed by atoms with Gasteiger partial charge >= 0.3 is 11.9 Å². The Morgan fingerprint density at radius 1 is 1.23 bits per heavy atom. The lowest BCUT2D eigenvalue weighted by Crippen LogP contribution is -2.61. The summed E-state index contributed by atoms with van der Waals surface area (Å²) in [5.41, 5.74) is -1.46. The number of rotatable bonds is 7. The first kappa shape index (κ1) is 26.6. The van der Waals surface area contributed by atoms with Crippen LogP contribution in [0.3, 0.4) is 0 Å². The van der Waals surface area contributed by atoms with E-state index in [1.807, 2.05) is 26.8 Å². The van der Waals surface area contributed by atoms with E-state index in [0.717, 1.165) is 37.7 Å². The minimum absolute atomic E-state index is 0.182. The van der Waals surface area contributed by atoms with Gasteiger partial charge in [0.05, 0.1) is 23.7 Å². The molecule has 0 radical (unpaired) electrons. The Hall–Kier alpha value is -1.44. The number of aliphatic hydroxyl groups excluding tert-OH is 1. The zero-order valence-electron chi connectivity index (χ0n) is 22.0. The van der Waals surface area contributed by atoms with E-state index in [1.165, 1.54) is 0 Å². The van der Waals surface area contributed by atoms with E-state index in [4.69, 9.17) is 14.2 Å². The molecule has 4 rings (SSSR count). The van der Waals surface area contributed by atoms with Crippen LogP contribution in [0.1, 0.15) is 92.4 Å². The lowest BCUT2D eigenvalue weighted by molar-refractivity contribution is -0.207. The van der Waals surface area contributed by atoms with E-state index in [9.17, 15) is 19.8 Å². The summed E-state index contributed by atoms with van der Waals surface area (Å²) < 4.78 is 18.9. The molecule has 0 aromatic heterocycles. The number of ether oxygens (including phenoxy) is 3. The fourth-order valence-corrected chi connectivity index (χ4v) is 7.15. The van der Waals surface area contributed by atoms with Gasteiger partial charge in [0.25, 0.3) is 0 Å². The van der Waals surface area contributed by atoms with Crippen molar-refractivity contribution in [2.24, 2.45) is 23.7 Å². The van der Waals surface area contributed by atoms with E-state index in [2.05, 4.69) is 6.92 Å². The van der Waals surface area contributed by atoms with Gasteiger partial charge in [0.15, 0.2) is 5.60 Å². The lowest BCUT2D eigenvalue weighted by Gasteiger charge is -2.49. The fourth-order valence-electron chi connectivity index (χ4n) is 7.15. The minimum atomic E-state index is -1.35. The van der Waals surface area contributed by atoms with Crippen LogP contribution < -0.4 is 0 Å². The molecular weight excluding hydrogens is 448 g/mol. The molecule has 2 N–H and O–H groups in total. The Balaban J connectivity index is 1.67. The van der Waals surface area contributed by atoms with Crippen LogP contribution in [0.2, 0.25) is 0 Å². The first-order valence-electron chi connectivity index (χ1n) is 13.6. The number of fused-ring (bicyclic) bond motifs is 2. The zero-order valence-corrected chi connectivity index (χ0v) is 22.0. The Morgan fingerprint density at radius 2 is 1.94 bits per heavy atom. The van der Waals surface area contributed by atoms with Gasteiger partial charge in [0.2, 0.25) is 0 Å². The van der Waals surface area contributed by atoms with Crippen LogP contribution in [0.15, 0.2) is 11.6 Å². The number of carbonyl (C=O) groups excluding carboxylic acids is 2. The number of hydrogen-bond donors (Lipinski definition) is 2. The lowest BCUT2D eigenvalue weighted by atomic mass is 9.57. The molecule has 0 aromatic carbocycles. The molecule has 7 nitrogen and oxygen atoms in total. The second-order valence-corrected chi connectivity index (χ2v) is 11.9. The number of carbonyl (C=O) groups is 2. The summed E-state index contributed by atoms with van der Waals surface area (Å²) in [5.74, 6) is -1.82. The standard InChI is InChI=1S/C28H44O7/c1-6-7-8-9-10-11-22(30)34-21-13-12-16(2)14-19-24-23-18(15-20(29)27(24,4)32)17(3)26(31)35-28(21,5)25(23)33-19/h12,17-21,23-25,29,32H,6-11,13-15H2,1-5H3/b16-12+/t17-,18+,19+,20-,21-,23+,24+,25-,27+,28+/m1/s1. The van der Waals surface area contributed by atoms with Gasteiger partial charge in [0, 0.05) is 24.7 Å². The molecule has 35 heavy (non-hydrogen) atoms. The van der Waals surface area contributed by atoms with Crippen molar-refractivity contribution in [1.82, 2.24) is 0 Å². The van der Waals surface area contributed by atoms with Gasteiger partial charge in [-0.05, 0) is 46.0 Å². The van der Waals surface area contributed by atoms with Crippen LogP contribution in [0.4, 0.5) is 0 Å². The fraction of sp³-hybridized carbons (Fsp3) is 0.857. The average Bonchev–Trinajstić information content (AvgIpc) is 3.17. The van der Waals surface area contributed by atoms with E-state index in [1.54, 1.807) is 6.92 Å². The molecule has 0 unspecified atom stereocenters. The molecule has 3 aliphatic heterocycles. The monoisotopic (exact) mass is 492 g/mol. The molecule has 0 spiro atoms. The highest BCUT2D eigenvalue weighted by molar-refractivity contribution is 5.74. The van der Waals surface area contributed by atoms with Crippen LogP contribution in [0.5, 0.6) is 0 Å². The highest BCUT2D eigenvalue weighted by Crippen LogP contribution is 2.58. The van der Waals surface area contributed by atoms with Crippen molar-refractivity contribution >= 4 is 11.9 Å². The van der Waals surface area contributed by atoms with Crippen molar-refractivity contribution in [2.45, 2.75) is 128 Å². The molecule has 10 atom stereocenters. The molecule has 1 saturated carbocycles. The highest BCUT2D eigenvalue weighted by atomic mass is 16.6. The molecule has 1 aliphatic carbocycles. The summed E-state index contributed by atoms with van der Waals surface area (Å²) in [5, 5.41) is 22.4. The maximum Gasteiger partial charge on any atom is 0.309 e. The molecule has 198 valence electrons. The van der Waals surface area contributed by atoms with Crippen LogP contribution in [-0.2, 0) is 23.8 Å². The summed E-state index contributed by atoms with van der Waals surface area (Å²) in [6.45, 7) is 9.53. The molecule has 0 aromatic rings. The minimum Gasteiger partial charge on any atom is -0.458 e. The summed E-state index contributed by atoms with van der Waals surface area (Å²) in [6.07, 6.45) is 6.46. The van der Waals surface area contributed by atoms with Crippen molar-refractivity contribution in [2.75, 3.05) is 0 Å². The Bertz CT molecular complexity index is 835. The maximum absolute atomic E-state index is 13.3. The quantitative estimate of drug-likeness (QED) is 0.314. The van der Waals surface area contributed by atoms with Crippen molar-refractivity contribution < 1.29 is 34.0 Å². The van der Waals surface area contributed by atoms with Gasteiger partial charge in [-0.1, -0.05) is 51.2 Å². The van der Waals surface area contributed by atoms with Crippen molar-refractivity contribution in [3.63, 3.8) is 0 Å². The smallest absolute Gasteiger partial charge is 0.309 e. The molecule has 2 bridgehead atoms. The number of aliphatic hydroxyl groups is 2. The molecule has 4 aliphatic rings. The van der Waals surface area contributed by atoms with Gasteiger partial charge in [-0.2, -0.15) is 0 Å². The molecule has 7 heteroatoms. The molecule has 2 saturated heterocycles. The number of unbranched alkanes of at least 4 members (excludes halogenated alkanes) is 4. The predicted octanol–water partition coefficient (Wildman–Crippen LogP) is 4.08. The summed E-state index contributed by atoms with van der Waals surface area (Å²) in [7, 11) is 0. The largest absolute Gasteiger partial charge is 0.458 e. The SMILES string of the molecule is CCCCCCCC(=O)O[C@@H]1C/C=C(\C)C[C@@H]2O[C@@H]3[C@H]4[C@@H](C[C@@H](O)[C@](C)(O)[C@H]42)[C@@H](C)C(=O)O[C@]31C. The summed E-state index contributed by atoms with van der Waals surface area (Å²) in [4.78, 5) is 26.2. The Kier molecular flexibility index (Phi) is 7.71. The first-order chi connectivity index (χ1) is 16.5. The topological polar surface area (TPSA) is 102 Å². The second kappa shape index (κ2) is 10.1. The first-order valence-corrected chi connectivity index (χ1v) is 13.6. The van der Waals surface area contributed by atoms with Crippen molar-refractivity contribution in [3.8, 4) is 0 Å². The van der Waals surface area contributed by atoms with Gasteiger partial charge < -0.3 is 24.4 Å². The summed E-state index contributed by atoms with van der Waals surface area (Å²) >= 11 is 0. The van der Waals surface area contributed by atoms with E-state index >= 15 is 0 Å². The summed E-state index contributed by atoms with van der Waals surface area (Å²) in [6, 6.07) is 0. The van der Waals surface area contributed by atoms with Crippen LogP contribution in [-0.4, -0.2) is 57.8 Å². The van der Waals surface area contributed by atoms with Crippen LogP contribution in [0.25, 0.3) is 0 Å². The van der Waals surface area contributed by atoms with Crippen LogP contribution >= 0.6 is 0 Å². The van der Waals surface area contributed by atoms with E-state index < -0.39 is 35.4 Å². The molecule has 0 amide bonds. The molecular formula is C28H44O7. The Labute approximate surface area is 209 Å². The van der Waals surface area contributed by atoms with Gasteiger partial charge in [-0.25, -0.2) is 0 Å². The number of esters is 2. The van der Waals surface area contributed by atoms with Crippen LogP contribution in [0, 0.1) is 23.7 Å².